The van der Waals surface area contributed by atoms with E-state index in [0.29, 0.717) is 22.3 Å². The van der Waals surface area contributed by atoms with Crippen LogP contribution in [0.1, 0.15) is 30.2 Å². The number of rotatable bonds is 2. The zero-order valence-corrected chi connectivity index (χ0v) is 14.0. The molecule has 0 amide bonds. The Morgan fingerprint density at radius 2 is 2.08 bits per heavy atom. The Balaban J connectivity index is 2.00. The minimum Gasteiger partial charge on any atom is -0.432 e. The number of hydrogen-bond acceptors (Lipinski definition) is 5. The fourth-order valence-corrected chi connectivity index (χ4v) is 2.97. The second kappa shape index (κ2) is 6.14. The normalized spacial score (nSPS) is 15.6. The summed E-state index contributed by atoms with van der Waals surface area (Å²) in [6, 6.07) is 11.1. The number of halogens is 1. The fourth-order valence-electron chi connectivity index (χ4n) is 2.80. The summed E-state index contributed by atoms with van der Waals surface area (Å²) < 4.78 is 7.24. The molecule has 3 heterocycles. The van der Waals surface area contributed by atoms with Gasteiger partial charge in [-0.1, -0.05) is 17.7 Å². The summed E-state index contributed by atoms with van der Waals surface area (Å²) in [6.07, 6.45) is 4.27. The molecule has 0 fully saturated rings. The molecule has 0 saturated carbocycles. The van der Waals surface area contributed by atoms with Crippen LogP contribution in [0.15, 0.2) is 60.0 Å². The number of aliphatic imine (C=N–C) groups is 1. The molecule has 1 aromatic carbocycles. The second-order valence-electron chi connectivity index (χ2n) is 5.47. The summed E-state index contributed by atoms with van der Waals surface area (Å²) in [6.45, 7) is 1.35. The van der Waals surface area contributed by atoms with Crippen LogP contribution >= 0.6 is 11.6 Å². The summed E-state index contributed by atoms with van der Waals surface area (Å²) in [4.78, 5) is 24.9. The van der Waals surface area contributed by atoms with Gasteiger partial charge in [0.2, 0.25) is 0 Å². The number of benzene rings is 1. The first-order chi connectivity index (χ1) is 12.1. The molecular weight excluding hydrogens is 340 g/mol. The molecule has 0 spiro atoms. The Labute approximate surface area is 148 Å². The van der Waals surface area contributed by atoms with E-state index in [0.717, 1.165) is 11.3 Å². The van der Waals surface area contributed by atoms with Crippen molar-refractivity contribution >= 4 is 23.3 Å². The van der Waals surface area contributed by atoms with Gasteiger partial charge in [0.1, 0.15) is 0 Å². The van der Waals surface area contributed by atoms with Crippen LogP contribution in [0.2, 0.25) is 5.02 Å². The highest BCUT2D eigenvalue weighted by molar-refractivity contribution is 6.31. The predicted octanol–water partition coefficient (Wildman–Crippen LogP) is 3.33. The van der Waals surface area contributed by atoms with Crippen molar-refractivity contribution in [3.05, 3.63) is 77.1 Å². The molecule has 1 aliphatic rings. The fraction of sp³-hybridized carbons (Fsp3) is 0.111. The first kappa shape index (κ1) is 15.5. The summed E-state index contributed by atoms with van der Waals surface area (Å²) in [5.41, 5.74) is 2.89. The Bertz CT molecular complexity index is 982. The van der Waals surface area contributed by atoms with Crippen molar-refractivity contribution in [2.45, 2.75) is 13.2 Å². The summed E-state index contributed by atoms with van der Waals surface area (Å²) in [5.74, 6) is 0.0809. The van der Waals surface area contributed by atoms with Crippen molar-refractivity contribution in [2.24, 2.45) is 4.99 Å². The maximum Gasteiger partial charge on any atom is 0.304 e. The molecule has 0 N–H and O–H groups in total. The van der Waals surface area contributed by atoms with E-state index in [9.17, 15) is 4.79 Å². The Hall–Kier alpha value is -2.99. The number of carbonyl (C=O) groups is 1. The van der Waals surface area contributed by atoms with Crippen LogP contribution in [0.3, 0.4) is 0 Å². The van der Waals surface area contributed by atoms with Crippen molar-refractivity contribution < 1.29 is 9.53 Å². The van der Waals surface area contributed by atoms with Gasteiger partial charge in [-0.15, -0.1) is 0 Å². The lowest BCUT2D eigenvalue weighted by Crippen LogP contribution is -2.12. The van der Waals surface area contributed by atoms with Crippen LogP contribution < -0.4 is 0 Å². The standard InChI is InChI=1S/C18H13ClN4O2/c1-11(24)25-18-17-21-8-9-23(17)15-6-5-12(19)10-13(15)16(22-18)14-4-2-3-7-20-14/h2-10,18H,1H3. The molecule has 0 saturated heterocycles. The third-order valence-corrected chi connectivity index (χ3v) is 4.03. The van der Waals surface area contributed by atoms with E-state index in [-0.39, 0.29) is 0 Å². The Kier molecular flexibility index (Phi) is 3.82. The number of carbonyl (C=O) groups excluding carboxylic acids is 1. The molecule has 4 rings (SSSR count). The molecule has 25 heavy (non-hydrogen) atoms. The van der Waals surface area contributed by atoms with Crippen molar-refractivity contribution in [2.75, 3.05) is 0 Å². The van der Waals surface area contributed by atoms with E-state index in [1.165, 1.54) is 6.92 Å². The first-order valence-electron chi connectivity index (χ1n) is 7.63. The Morgan fingerprint density at radius 1 is 1.20 bits per heavy atom. The lowest BCUT2D eigenvalue weighted by molar-refractivity contribution is -0.146. The van der Waals surface area contributed by atoms with E-state index in [1.54, 1.807) is 24.7 Å². The third kappa shape index (κ3) is 2.81. The maximum atomic E-state index is 11.6. The number of nitrogens with zero attached hydrogens (tertiary/aromatic N) is 4. The van der Waals surface area contributed by atoms with Crippen molar-refractivity contribution in [1.82, 2.24) is 14.5 Å². The topological polar surface area (TPSA) is 69.4 Å². The van der Waals surface area contributed by atoms with Gasteiger partial charge in [-0.25, -0.2) is 9.98 Å². The molecule has 2 aromatic heterocycles. The smallest absolute Gasteiger partial charge is 0.304 e. The number of esters is 1. The van der Waals surface area contributed by atoms with Gasteiger partial charge in [0.05, 0.1) is 17.1 Å². The number of hydrogen-bond donors (Lipinski definition) is 0. The minimum absolute atomic E-state index is 0.437. The molecule has 7 heteroatoms. The van der Waals surface area contributed by atoms with Gasteiger partial charge in [-0.3, -0.25) is 14.3 Å². The van der Waals surface area contributed by atoms with Gasteiger partial charge in [-0.2, -0.15) is 0 Å². The largest absolute Gasteiger partial charge is 0.432 e. The summed E-state index contributed by atoms with van der Waals surface area (Å²) in [7, 11) is 0. The molecule has 1 atom stereocenters. The average Bonchev–Trinajstić information content (AvgIpc) is 3.04. The van der Waals surface area contributed by atoms with E-state index < -0.39 is 12.2 Å². The predicted molar refractivity (Wildman–Crippen MR) is 93.0 cm³/mol. The first-order valence-corrected chi connectivity index (χ1v) is 8.01. The quantitative estimate of drug-likeness (QED) is 0.663. The molecule has 1 aliphatic heterocycles. The molecular formula is C18H13ClN4O2. The number of aromatic nitrogens is 3. The molecule has 1 unspecified atom stereocenters. The SMILES string of the molecule is CC(=O)OC1N=C(c2ccccn2)c2cc(Cl)ccc2-n2ccnc21. The number of fused-ring (bicyclic) bond motifs is 3. The lowest BCUT2D eigenvalue weighted by atomic mass is 10.0. The maximum absolute atomic E-state index is 11.6. The van der Waals surface area contributed by atoms with E-state index in [4.69, 9.17) is 16.3 Å². The third-order valence-electron chi connectivity index (χ3n) is 3.79. The highest BCUT2D eigenvalue weighted by atomic mass is 35.5. The van der Waals surface area contributed by atoms with Crippen LogP contribution in [0.4, 0.5) is 0 Å². The lowest BCUT2D eigenvalue weighted by Gasteiger charge is -2.12. The number of ether oxygens (including phenoxy) is 1. The minimum atomic E-state index is -0.865. The van der Waals surface area contributed by atoms with Gasteiger partial charge in [0.15, 0.2) is 5.82 Å². The second-order valence-corrected chi connectivity index (χ2v) is 5.91. The van der Waals surface area contributed by atoms with Crippen molar-refractivity contribution in [3.8, 4) is 5.69 Å². The molecule has 0 bridgehead atoms. The van der Waals surface area contributed by atoms with E-state index in [2.05, 4.69) is 15.0 Å². The number of imidazole rings is 1. The van der Waals surface area contributed by atoms with Crippen LogP contribution in [0.25, 0.3) is 5.69 Å². The molecule has 0 aliphatic carbocycles. The van der Waals surface area contributed by atoms with Crippen LogP contribution in [-0.2, 0) is 9.53 Å². The van der Waals surface area contributed by atoms with Crippen LogP contribution in [0, 0.1) is 0 Å². The van der Waals surface area contributed by atoms with Gasteiger partial charge in [0, 0.05) is 36.1 Å². The monoisotopic (exact) mass is 352 g/mol. The molecule has 3 aromatic rings. The molecule has 124 valence electrons. The molecule has 0 radical (unpaired) electrons. The van der Waals surface area contributed by atoms with Crippen LogP contribution in [0.5, 0.6) is 0 Å². The van der Waals surface area contributed by atoms with E-state index >= 15 is 0 Å². The zero-order chi connectivity index (χ0) is 17.4. The van der Waals surface area contributed by atoms with Gasteiger partial charge < -0.3 is 4.74 Å². The summed E-state index contributed by atoms with van der Waals surface area (Å²) in [5, 5.41) is 0.579. The average molecular weight is 353 g/mol. The van der Waals surface area contributed by atoms with Crippen LogP contribution in [-0.4, -0.2) is 26.2 Å². The number of pyridine rings is 1. The van der Waals surface area contributed by atoms with Gasteiger partial charge in [0.25, 0.3) is 6.23 Å². The summed E-state index contributed by atoms with van der Waals surface area (Å²) >= 11 is 6.22. The van der Waals surface area contributed by atoms with Crippen molar-refractivity contribution in [1.29, 1.82) is 0 Å². The van der Waals surface area contributed by atoms with Gasteiger partial charge in [-0.05, 0) is 30.3 Å². The molecule has 6 nitrogen and oxygen atoms in total. The van der Waals surface area contributed by atoms with Gasteiger partial charge >= 0.3 is 5.97 Å². The Morgan fingerprint density at radius 3 is 2.84 bits per heavy atom. The van der Waals surface area contributed by atoms with Crippen molar-refractivity contribution in [3.63, 3.8) is 0 Å². The van der Waals surface area contributed by atoms with E-state index in [1.807, 2.05) is 34.9 Å². The highest BCUT2D eigenvalue weighted by Gasteiger charge is 2.28. The highest BCUT2D eigenvalue weighted by Crippen LogP contribution is 2.31. The zero-order valence-electron chi connectivity index (χ0n) is 13.3.